The molecule has 0 saturated carbocycles. The molecule has 6 nitrogen and oxygen atoms in total. The Hall–Kier alpha value is -2.93. The third-order valence-corrected chi connectivity index (χ3v) is 7.25. The molecular formula is C22H21NO5S. The average Bonchev–Trinajstić information content (AvgIpc) is 2.97. The molecule has 1 aliphatic rings. The quantitative estimate of drug-likeness (QED) is 0.715. The number of carbonyl (C=O) groups excluding carboxylic acids is 1. The van der Waals surface area contributed by atoms with Crippen molar-refractivity contribution in [1.29, 1.82) is 0 Å². The molecule has 0 bridgehead atoms. The van der Waals surface area contributed by atoms with E-state index in [1.807, 2.05) is 30.3 Å². The Kier molecular flexibility index (Phi) is 4.58. The summed E-state index contributed by atoms with van der Waals surface area (Å²) in [5, 5.41) is 3.15. The highest BCUT2D eigenvalue weighted by atomic mass is 32.2. The van der Waals surface area contributed by atoms with E-state index in [-0.39, 0.29) is 28.1 Å². The van der Waals surface area contributed by atoms with Crippen LogP contribution in [0.1, 0.15) is 29.3 Å². The van der Waals surface area contributed by atoms with Gasteiger partial charge in [-0.25, -0.2) is 8.42 Å². The van der Waals surface area contributed by atoms with Crippen molar-refractivity contribution >= 4 is 26.7 Å². The molecule has 1 aliphatic heterocycles. The van der Waals surface area contributed by atoms with Crippen LogP contribution in [0.25, 0.3) is 22.3 Å². The first kappa shape index (κ1) is 19.4. The highest BCUT2D eigenvalue weighted by Crippen LogP contribution is 2.28. The highest BCUT2D eigenvalue weighted by molar-refractivity contribution is 7.91. The molecule has 7 heteroatoms. The molecule has 4 rings (SSSR count). The van der Waals surface area contributed by atoms with Gasteiger partial charge in [0, 0.05) is 11.1 Å². The monoisotopic (exact) mass is 411 g/mol. The summed E-state index contributed by atoms with van der Waals surface area (Å²) in [4.78, 5) is 25.9. The van der Waals surface area contributed by atoms with Crippen molar-refractivity contribution in [2.24, 2.45) is 0 Å². The van der Waals surface area contributed by atoms with Gasteiger partial charge in [0.1, 0.15) is 5.76 Å². The summed E-state index contributed by atoms with van der Waals surface area (Å²) >= 11 is 0. The molecule has 0 aliphatic carbocycles. The van der Waals surface area contributed by atoms with Crippen LogP contribution in [0, 0.1) is 6.92 Å². The normalized spacial score (nSPS) is 20.6. The second kappa shape index (κ2) is 6.84. The van der Waals surface area contributed by atoms with E-state index >= 15 is 0 Å². The smallest absolute Gasteiger partial charge is 0.255 e. The van der Waals surface area contributed by atoms with Crippen molar-refractivity contribution in [3.63, 3.8) is 0 Å². The van der Waals surface area contributed by atoms with Gasteiger partial charge in [-0.1, -0.05) is 36.4 Å². The molecular weight excluding hydrogens is 390 g/mol. The minimum absolute atomic E-state index is 0.0474. The van der Waals surface area contributed by atoms with Gasteiger partial charge in [-0.3, -0.25) is 9.59 Å². The standard InChI is InChI=1S/C22H21NO5S/c1-14-18(24)16-9-6-10-17(20(16)28-19(14)15-7-4-3-5-8-15)21(25)23-22(2)11-12-29(26,27)13-22/h3-10H,11-13H2,1-2H3,(H,23,25)/t22-/m1/s1. The number of amides is 1. The van der Waals surface area contributed by atoms with Gasteiger partial charge in [-0.15, -0.1) is 0 Å². The number of benzene rings is 2. The van der Waals surface area contributed by atoms with Crippen LogP contribution in [-0.4, -0.2) is 31.4 Å². The fourth-order valence-electron chi connectivity index (χ4n) is 3.80. The molecule has 1 atom stereocenters. The molecule has 0 unspecified atom stereocenters. The summed E-state index contributed by atoms with van der Waals surface area (Å²) in [5.74, 6) is -0.0974. The maximum Gasteiger partial charge on any atom is 0.255 e. The molecule has 0 spiro atoms. The van der Waals surface area contributed by atoms with Crippen molar-refractivity contribution < 1.29 is 17.6 Å². The molecule has 2 heterocycles. The van der Waals surface area contributed by atoms with Gasteiger partial charge >= 0.3 is 0 Å². The van der Waals surface area contributed by atoms with Crippen LogP contribution in [0.4, 0.5) is 0 Å². The second-order valence-corrected chi connectivity index (χ2v) is 9.97. The van der Waals surface area contributed by atoms with Gasteiger partial charge < -0.3 is 9.73 Å². The van der Waals surface area contributed by atoms with Crippen LogP contribution in [0.5, 0.6) is 0 Å². The molecule has 150 valence electrons. The summed E-state index contributed by atoms with van der Waals surface area (Å²) < 4.78 is 29.8. The summed E-state index contributed by atoms with van der Waals surface area (Å²) in [6.07, 6.45) is 0.351. The van der Waals surface area contributed by atoms with Crippen molar-refractivity contribution in [3.05, 3.63) is 69.9 Å². The molecule has 1 aromatic heterocycles. The SMILES string of the molecule is Cc1c(-c2ccccc2)oc2c(C(=O)N[C@]3(C)CCS(=O)(=O)C3)cccc2c1=O. The molecule has 2 aromatic carbocycles. The van der Waals surface area contributed by atoms with E-state index in [0.717, 1.165) is 5.56 Å². The zero-order valence-corrected chi connectivity index (χ0v) is 17.0. The number of rotatable bonds is 3. The van der Waals surface area contributed by atoms with E-state index in [9.17, 15) is 18.0 Å². The first-order valence-corrected chi connectivity index (χ1v) is 11.2. The molecule has 1 N–H and O–H groups in total. The maximum absolute atomic E-state index is 13.0. The Morgan fingerprint density at radius 1 is 1.10 bits per heavy atom. The summed E-state index contributed by atoms with van der Waals surface area (Å²) in [5.41, 5.74) is 0.578. The zero-order valence-electron chi connectivity index (χ0n) is 16.2. The number of sulfone groups is 1. The first-order valence-electron chi connectivity index (χ1n) is 9.34. The van der Waals surface area contributed by atoms with Crippen LogP contribution >= 0.6 is 0 Å². The van der Waals surface area contributed by atoms with Crippen LogP contribution < -0.4 is 10.7 Å². The fourth-order valence-corrected chi connectivity index (χ4v) is 5.90. The van der Waals surface area contributed by atoms with Gasteiger partial charge in [0.2, 0.25) is 0 Å². The van der Waals surface area contributed by atoms with Crippen molar-refractivity contribution in [1.82, 2.24) is 5.32 Å². The highest BCUT2D eigenvalue weighted by Gasteiger charge is 2.39. The van der Waals surface area contributed by atoms with Crippen LogP contribution in [0.3, 0.4) is 0 Å². The lowest BCUT2D eigenvalue weighted by Crippen LogP contribution is -2.47. The minimum atomic E-state index is -3.17. The van der Waals surface area contributed by atoms with E-state index in [4.69, 9.17) is 4.42 Å². The lowest BCUT2D eigenvalue weighted by molar-refractivity contribution is 0.0916. The lowest BCUT2D eigenvalue weighted by atomic mass is 10.00. The predicted molar refractivity (Wildman–Crippen MR) is 112 cm³/mol. The molecule has 29 heavy (non-hydrogen) atoms. The van der Waals surface area contributed by atoms with Gasteiger partial charge in [-0.2, -0.15) is 0 Å². The Morgan fingerprint density at radius 3 is 2.48 bits per heavy atom. The second-order valence-electron chi connectivity index (χ2n) is 7.79. The van der Waals surface area contributed by atoms with Crippen LogP contribution in [0.15, 0.2) is 57.7 Å². The van der Waals surface area contributed by atoms with Crippen molar-refractivity contribution in [2.75, 3.05) is 11.5 Å². The molecule has 1 saturated heterocycles. The number of fused-ring (bicyclic) bond motifs is 1. The summed E-state index contributed by atoms with van der Waals surface area (Å²) in [6.45, 7) is 3.42. The number of para-hydroxylation sites is 1. The van der Waals surface area contributed by atoms with Crippen LogP contribution in [-0.2, 0) is 9.84 Å². The van der Waals surface area contributed by atoms with E-state index in [2.05, 4.69) is 5.32 Å². The van der Waals surface area contributed by atoms with Crippen LogP contribution in [0.2, 0.25) is 0 Å². The lowest BCUT2D eigenvalue weighted by Gasteiger charge is -2.24. The first-order chi connectivity index (χ1) is 13.7. The molecule has 0 radical (unpaired) electrons. The zero-order chi connectivity index (χ0) is 20.8. The Labute approximate surface area is 168 Å². The number of carbonyl (C=O) groups is 1. The predicted octanol–water partition coefficient (Wildman–Crippen LogP) is 3.08. The number of hydrogen-bond acceptors (Lipinski definition) is 5. The Balaban J connectivity index is 1.82. The number of hydrogen-bond donors (Lipinski definition) is 1. The minimum Gasteiger partial charge on any atom is -0.455 e. The van der Waals surface area contributed by atoms with E-state index in [1.54, 1.807) is 32.0 Å². The number of nitrogens with one attached hydrogen (secondary N) is 1. The maximum atomic E-state index is 13.0. The molecule has 1 amide bonds. The summed E-state index contributed by atoms with van der Waals surface area (Å²) in [7, 11) is -3.17. The third kappa shape index (κ3) is 3.58. The van der Waals surface area contributed by atoms with E-state index in [0.29, 0.717) is 23.1 Å². The molecule has 3 aromatic rings. The van der Waals surface area contributed by atoms with Crippen molar-refractivity contribution in [3.8, 4) is 11.3 Å². The van der Waals surface area contributed by atoms with Gasteiger partial charge in [0.15, 0.2) is 20.8 Å². The van der Waals surface area contributed by atoms with E-state index in [1.165, 1.54) is 0 Å². The Morgan fingerprint density at radius 2 is 1.83 bits per heavy atom. The van der Waals surface area contributed by atoms with E-state index < -0.39 is 21.3 Å². The largest absolute Gasteiger partial charge is 0.455 e. The topological polar surface area (TPSA) is 93.4 Å². The fraction of sp³-hybridized carbons (Fsp3) is 0.273. The van der Waals surface area contributed by atoms with Gasteiger partial charge in [-0.05, 0) is 32.4 Å². The van der Waals surface area contributed by atoms with Crippen molar-refractivity contribution in [2.45, 2.75) is 25.8 Å². The average molecular weight is 411 g/mol. The molecule has 1 fully saturated rings. The van der Waals surface area contributed by atoms with Gasteiger partial charge in [0.25, 0.3) is 5.91 Å². The summed E-state index contributed by atoms with van der Waals surface area (Å²) in [6, 6.07) is 14.1. The Bertz CT molecular complexity index is 1280. The third-order valence-electron chi connectivity index (χ3n) is 5.34. The van der Waals surface area contributed by atoms with Gasteiger partial charge in [0.05, 0.1) is 28.0 Å².